The van der Waals surface area contributed by atoms with Crippen LogP contribution < -0.4 is 5.32 Å². The molecule has 1 aromatic rings. The van der Waals surface area contributed by atoms with Crippen molar-refractivity contribution in [3.8, 4) is 0 Å². The van der Waals surface area contributed by atoms with E-state index in [0.29, 0.717) is 10.9 Å². The lowest BCUT2D eigenvalue weighted by atomic mass is 9.83. The second-order valence-corrected chi connectivity index (χ2v) is 4.52. The van der Waals surface area contributed by atoms with Crippen LogP contribution in [-0.4, -0.2) is 18.9 Å². The summed E-state index contributed by atoms with van der Waals surface area (Å²) < 4.78 is 0. The molecule has 0 spiro atoms. The molecule has 3 heteroatoms. The average molecular weight is 224 g/mol. The van der Waals surface area contributed by atoms with Crippen molar-refractivity contribution in [1.82, 2.24) is 5.32 Å². The highest BCUT2D eigenvalue weighted by atomic mass is 35.5. The number of hydrogen-bond acceptors (Lipinski definition) is 2. The fourth-order valence-corrected chi connectivity index (χ4v) is 1.97. The molecule has 1 heterocycles. The first-order valence-electron chi connectivity index (χ1n) is 5.19. The summed E-state index contributed by atoms with van der Waals surface area (Å²) >= 11 is 5.86. The highest BCUT2D eigenvalue weighted by molar-refractivity contribution is 6.31. The Hall–Kier alpha value is -0.860. The van der Waals surface area contributed by atoms with Gasteiger partial charge in [-0.2, -0.15) is 0 Å². The number of benzene rings is 1. The smallest absolute Gasteiger partial charge is 0.166 e. The van der Waals surface area contributed by atoms with Gasteiger partial charge in [0, 0.05) is 16.5 Å². The summed E-state index contributed by atoms with van der Waals surface area (Å²) in [6.45, 7) is 3.90. The zero-order chi connectivity index (χ0) is 10.8. The van der Waals surface area contributed by atoms with E-state index in [2.05, 4.69) is 5.32 Å². The molecule has 1 atom stereocenters. The fraction of sp³-hybridized carbons (Fsp3) is 0.417. The van der Waals surface area contributed by atoms with Crippen molar-refractivity contribution in [3.05, 3.63) is 34.9 Å². The molecule has 1 fully saturated rings. The van der Waals surface area contributed by atoms with Crippen molar-refractivity contribution in [3.63, 3.8) is 0 Å². The van der Waals surface area contributed by atoms with Crippen molar-refractivity contribution in [2.24, 2.45) is 11.8 Å². The number of rotatable bonds is 3. The summed E-state index contributed by atoms with van der Waals surface area (Å²) in [5, 5.41) is 3.81. The summed E-state index contributed by atoms with van der Waals surface area (Å²) in [4.78, 5) is 12.0. The van der Waals surface area contributed by atoms with Crippen molar-refractivity contribution >= 4 is 17.4 Å². The SMILES string of the molecule is CC(C(=O)c1cccc(Cl)c1)C1CNC1. The van der Waals surface area contributed by atoms with Gasteiger partial charge in [-0.1, -0.05) is 30.7 Å². The number of ketones is 1. The van der Waals surface area contributed by atoms with Gasteiger partial charge in [0.25, 0.3) is 0 Å². The van der Waals surface area contributed by atoms with Crippen molar-refractivity contribution in [1.29, 1.82) is 0 Å². The first-order chi connectivity index (χ1) is 7.18. The molecule has 1 unspecified atom stereocenters. The largest absolute Gasteiger partial charge is 0.316 e. The van der Waals surface area contributed by atoms with Gasteiger partial charge in [0.1, 0.15) is 0 Å². The molecule has 1 saturated heterocycles. The van der Waals surface area contributed by atoms with Crippen molar-refractivity contribution < 1.29 is 4.79 Å². The molecule has 1 aliphatic heterocycles. The van der Waals surface area contributed by atoms with Crippen LogP contribution in [0.2, 0.25) is 5.02 Å². The average Bonchev–Trinajstić information content (AvgIpc) is 2.14. The highest BCUT2D eigenvalue weighted by Gasteiger charge is 2.29. The van der Waals surface area contributed by atoms with Gasteiger partial charge in [0.2, 0.25) is 0 Å². The number of halogens is 1. The van der Waals surface area contributed by atoms with Gasteiger partial charge in [0.05, 0.1) is 0 Å². The first-order valence-corrected chi connectivity index (χ1v) is 5.57. The van der Waals surface area contributed by atoms with Crippen LogP contribution in [0.1, 0.15) is 17.3 Å². The third kappa shape index (κ3) is 2.21. The molecular weight excluding hydrogens is 210 g/mol. The Balaban J connectivity index is 2.12. The van der Waals surface area contributed by atoms with Gasteiger partial charge >= 0.3 is 0 Å². The van der Waals surface area contributed by atoms with Crippen molar-refractivity contribution in [2.45, 2.75) is 6.92 Å². The van der Waals surface area contributed by atoms with E-state index < -0.39 is 0 Å². The minimum absolute atomic E-state index is 0.0877. The van der Waals surface area contributed by atoms with E-state index in [1.54, 1.807) is 12.1 Å². The van der Waals surface area contributed by atoms with Crippen LogP contribution in [0.15, 0.2) is 24.3 Å². The van der Waals surface area contributed by atoms with E-state index in [4.69, 9.17) is 11.6 Å². The molecule has 0 aliphatic carbocycles. The Bertz CT molecular complexity index is 374. The van der Waals surface area contributed by atoms with E-state index in [-0.39, 0.29) is 11.7 Å². The molecule has 80 valence electrons. The lowest BCUT2D eigenvalue weighted by Gasteiger charge is -2.31. The zero-order valence-corrected chi connectivity index (χ0v) is 9.42. The molecule has 0 aromatic heterocycles. The Morgan fingerprint density at radius 2 is 2.27 bits per heavy atom. The minimum Gasteiger partial charge on any atom is -0.316 e. The predicted octanol–water partition coefficient (Wildman–Crippen LogP) is 2.38. The maximum atomic E-state index is 12.0. The van der Waals surface area contributed by atoms with Crippen LogP contribution in [0, 0.1) is 11.8 Å². The molecule has 15 heavy (non-hydrogen) atoms. The van der Waals surface area contributed by atoms with Gasteiger partial charge < -0.3 is 5.32 Å². The molecule has 2 rings (SSSR count). The standard InChI is InChI=1S/C12H14ClNO/c1-8(10-6-14-7-10)12(15)9-3-2-4-11(13)5-9/h2-5,8,10,14H,6-7H2,1H3. The van der Waals surface area contributed by atoms with Gasteiger partial charge in [-0.05, 0) is 31.1 Å². The Morgan fingerprint density at radius 1 is 1.53 bits per heavy atom. The van der Waals surface area contributed by atoms with E-state index in [1.807, 2.05) is 19.1 Å². The van der Waals surface area contributed by atoms with Crippen LogP contribution in [-0.2, 0) is 0 Å². The maximum absolute atomic E-state index is 12.0. The maximum Gasteiger partial charge on any atom is 0.166 e. The molecule has 0 bridgehead atoms. The Labute approximate surface area is 94.6 Å². The minimum atomic E-state index is 0.0877. The molecule has 0 radical (unpaired) electrons. The number of hydrogen-bond donors (Lipinski definition) is 1. The highest BCUT2D eigenvalue weighted by Crippen LogP contribution is 2.22. The quantitative estimate of drug-likeness (QED) is 0.798. The van der Waals surface area contributed by atoms with E-state index in [9.17, 15) is 4.79 Å². The number of nitrogens with one attached hydrogen (secondary N) is 1. The fourth-order valence-electron chi connectivity index (χ4n) is 1.78. The first kappa shape index (κ1) is 10.7. The number of Topliss-reactive ketones (excluding diaryl/α,β-unsaturated/α-hetero) is 1. The molecule has 1 aliphatic rings. The van der Waals surface area contributed by atoms with Gasteiger partial charge in [0.15, 0.2) is 5.78 Å². The van der Waals surface area contributed by atoms with E-state index in [1.165, 1.54) is 0 Å². The number of carbonyl (C=O) groups excluding carboxylic acids is 1. The van der Waals surface area contributed by atoms with E-state index in [0.717, 1.165) is 18.7 Å². The van der Waals surface area contributed by atoms with E-state index >= 15 is 0 Å². The topological polar surface area (TPSA) is 29.1 Å². The lowest BCUT2D eigenvalue weighted by Crippen LogP contribution is -2.47. The van der Waals surface area contributed by atoms with Gasteiger partial charge in [-0.25, -0.2) is 0 Å². The normalized spacial score (nSPS) is 18.3. The molecular formula is C12H14ClNO. The molecule has 0 saturated carbocycles. The second-order valence-electron chi connectivity index (χ2n) is 4.08. The van der Waals surface area contributed by atoms with Crippen LogP contribution in [0.25, 0.3) is 0 Å². The zero-order valence-electron chi connectivity index (χ0n) is 8.66. The Morgan fingerprint density at radius 3 is 2.80 bits per heavy atom. The summed E-state index contributed by atoms with van der Waals surface area (Å²) in [7, 11) is 0. The lowest BCUT2D eigenvalue weighted by molar-refractivity contribution is 0.0854. The third-order valence-corrected chi connectivity index (χ3v) is 3.28. The van der Waals surface area contributed by atoms with Gasteiger partial charge in [-0.15, -0.1) is 0 Å². The monoisotopic (exact) mass is 223 g/mol. The van der Waals surface area contributed by atoms with Crippen LogP contribution in [0.5, 0.6) is 0 Å². The summed E-state index contributed by atoms with van der Waals surface area (Å²) in [5.74, 6) is 0.769. The van der Waals surface area contributed by atoms with Crippen LogP contribution >= 0.6 is 11.6 Å². The van der Waals surface area contributed by atoms with Crippen LogP contribution in [0.4, 0.5) is 0 Å². The second kappa shape index (κ2) is 4.33. The predicted molar refractivity (Wildman–Crippen MR) is 61.3 cm³/mol. The molecule has 0 amide bonds. The summed E-state index contributed by atoms with van der Waals surface area (Å²) in [5.41, 5.74) is 0.724. The molecule has 1 aromatic carbocycles. The summed E-state index contributed by atoms with van der Waals surface area (Å²) in [6, 6.07) is 7.18. The van der Waals surface area contributed by atoms with Gasteiger partial charge in [-0.3, -0.25) is 4.79 Å². The van der Waals surface area contributed by atoms with Crippen LogP contribution in [0.3, 0.4) is 0 Å². The molecule has 2 nitrogen and oxygen atoms in total. The molecule has 1 N–H and O–H groups in total. The van der Waals surface area contributed by atoms with Crippen molar-refractivity contribution in [2.75, 3.05) is 13.1 Å². The summed E-state index contributed by atoms with van der Waals surface area (Å²) in [6.07, 6.45) is 0. The third-order valence-electron chi connectivity index (χ3n) is 3.04. The number of carbonyl (C=O) groups is 1. The Kier molecular flexibility index (Phi) is 3.08.